The fourth-order valence-corrected chi connectivity index (χ4v) is 6.88. The molecule has 4 heteroatoms. The molecule has 0 heterocycles. The molecule has 3 aliphatic carbocycles. The van der Waals surface area contributed by atoms with Gasteiger partial charge in [-0.15, -0.1) is 0 Å². The average Bonchev–Trinajstić information content (AvgIpc) is 3.47. The van der Waals surface area contributed by atoms with Crippen LogP contribution in [-0.2, 0) is 11.2 Å². The lowest BCUT2D eigenvalue weighted by molar-refractivity contribution is -0.118. The molecule has 208 valence electrons. The Kier molecular flexibility index (Phi) is 9.48. The molecule has 3 aromatic carbocycles. The lowest BCUT2D eigenvalue weighted by atomic mass is 9.69. The molecule has 3 aromatic rings. The number of Topliss-reactive ketones (excluding diaryl/α,β-unsaturated/α-hetero) is 1. The molecule has 0 amide bonds. The number of alkyl halides is 1. The number of benzene rings is 3. The van der Waals surface area contributed by atoms with Gasteiger partial charge in [0.1, 0.15) is 29.6 Å². The largest absolute Gasteiger partial charge is 0.508 e. The maximum Gasteiger partial charge on any atom is 0.145 e. The van der Waals surface area contributed by atoms with Crippen LogP contribution in [0.1, 0.15) is 93.9 Å². The van der Waals surface area contributed by atoms with Crippen molar-refractivity contribution in [1.82, 2.24) is 0 Å². The number of rotatable bonds is 5. The SMILES string of the molecule is CC.CC.O=C1CC2CC(F)(COc3ccc(C4c5ccc(O)cc5CCC4c4ccccc4)cc3)CC2C1. The summed E-state index contributed by atoms with van der Waals surface area (Å²) in [5.74, 6) is 2.18. The maximum absolute atomic E-state index is 15.4. The summed E-state index contributed by atoms with van der Waals surface area (Å²) in [5, 5.41) is 10.0. The first-order valence-electron chi connectivity index (χ1n) is 14.8. The van der Waals surface area contributed by atoms with Crippen molar-refractivity contribution < 1.29 is 19.0 Å². The van der Waals surface area contributed by atoms with Crippen LogP contribution in [-0.4, -0.2) is 23.2 Å². The molecule has 2 fully saturated rings. The van der Waals surface area contributed by atoms with E-state index >= 15 is 4.39 Å². The van der Waals surface area contributed by atoms with Gasteiger partial charge in [-0.2, -0.15) is 0 Å². The summed E-state index contributed by atoms with van der Waals surface area (Å²) >= 11 is 0. The lowest BCUT2D eigenvalue weighted by Gasteiger charge is -2.35. The molecule has 4 atom stereocenters. The van der Waals surface area contributed by atoms with Crippen molar-refractivity contribution in [2.24, 2.45) is 11.8 Å². The van der Waals surface area contributed by atoms with Gasteiger partial charge in [-0.25, -0.2) is 4.39 Å². The van der Waals surface area contributed by atoms with Crippen LogP contribution in [0.4, 0.5) is 4.39 Å². The van der Waals surface area contributed by atoms with E-state index in [1.165, 1.54) is 22.3 Å². The number of fused-ring (bicyclic) bond motifs is 2. The summed E-state index contributed by atoms with van der Waals surface area (Å²) in [7, 11) is 0. The zero-order valence-corrected chi connectivity index (χ0v) is 23.8. The average molecular weight is 531 g/mol. The molecular weight excluding hydrogens is 487 g/mol. The molecule has 6 rings (SSSR count). The molecule has 0 radical (unpaired) electrons. The number of hydrogen-bond donors (Lipinski definition) is 1. The van der Waals surface area contributed by atoms with E-state index in [1.54, 1.807) is 6.07 Å². The Morgan fingerprint density at radius 1 is 0.872 bits per heavy atom. The van der Waals surface area contributed by atoms with Crippen LogP contribution < -0.4 is 4.74 Å². The number of aromatic hydroxyl groups is 1. The number of carbonyl (C=O) groups is 1. The van der Waals surface area contributed by atoms with Gasteiger partial charge in [-0.05, 0) is 90.0 Å². The van der Waals surface area contributed by atoms with Crippen LogP contribution in [0.2, 0.25) is 0 Å². The van der Waals surface area contributed by atoms with Gasteiger partial charge in [0.15, 0.2) is 0 Å². The van der Waals surface area contributed by atoms with Crippen molar-refractivity contribution in [3.63, 3.8) is 0 Å². The second-order valence-electron chi connectivity index (χ2n) is 10.8. The van der Waals surface area contributed by atoms with Gasteiger partial charge in [0.05, 0.1) is 0 Å². The van der Waals surface area contributed by atoms with Gasteiger partial charge in [0, 0.05) is 18.8 Å². The topological polar surface area (TPSA) is 46.5 Å². The normalized spacial score (nSPS) is 26.8. The van der Waals surface area contributed by atoms with Crippen LogP contribution >= 0.6 is 0 Å². The van der Waals surface area contributed by atoms with Gasteiger partial charge in [-0.1, -0.05) is 76.2 Å². The molecule has 3 nitrogen and oxygen atoms in total. The summed E-state index contributed by atoms with van der Waals surface area (Å²) in [6, 6.07) is 24.5. The number of halogens is 1. The van der Waals surface area contributed by atoms with E-state index in [4.69, 9.17) is 4.74 Å². The third kappa shape index (κ3) is 6.37. The molecule has 2 saturated carbocycles. The number of aryl methyl sites for hydroxylation is 1. The highest BCUT2D eigenvalue weighted by molar-refractivity contribution is 5.81. The third-order valence-corrected chi connectivity index (χ3v) is 8.46. The fourth-order valence-electron chi connectivity index (χ4n) is 6.88. The van der Waals surface area contributed by atoms with E-state index in [2.05, 4.69) is 42.5 Å². The molecule has 0 aromatic heterocycles. The van der Waals surface area contributed by atoms with Crippen molar-refractivity contribution in [3.05, 3.63) is 95.1 Å². The van der Waals surface area contributed by atoms with Crippen molar-refractivity contribution >= 4 is 5.78 Å². The lowest BCUT2D eigenvalue weighted by Crippen LogP contribution is -2.29. The molecule has 0 bridgehead atoms. The van der Waals surface area contributed by atoms with Crippen LogP contribution in [0.25, 0.3) is 0 Å². The Balaban J connectivity index is 0.000000845. The summed E-state index contributed by atoms with van der Waals surface area (Å²) in [6.07, 6.45) is 3.89. The maximum atomic E-state index is 15.4. The van der Waals surface area contributed by atoms with Crippen molar-refractivity contribution in [1.29, 1.82) is 0 Å². The minimum atomic E-state index is -1.34. The summed E-state index contributed by atoms with van der Waals surface area (Å²) in [4.78, 5) is 11.7. The first-order valence-corrected chi connectivity index (χ1v) is 14.8. The monoisotopic (exact) mass is 530 g/mol. The predicted molar refractivity (Wildman–Crippen MR) is 156 cm³/mol. The number of phenolic OH excluding ortho intramolecular Hbond substituents is 1. The minimum absolute atomic E-state index is 0.0473. The summed E-state index contributed by atoms with van der Waals surface area (Å²) < 4.78 is 21.3. The molecule has 39 heavy (non-hydrogen) atoms. The fraction of sp³-hybridized carbons (Fsp3) is 0.457. The first kappa shape index (κ1) is 28.9. The van der Waals surface area contributed by atoms with E-state index in [1.807, 2.05) is 52.0 Å². The summed E-state index contributed by atoms with van der Waals surface area (Å²) in [5.41, 5.74) is 3.64. The first-order chi connectivity index (χ1) is 19.0. The third-order valence-electron chi connectivity index (χ3n) is 8.46. The van der Waals surface area contributed by atoms with Gasteiger partial charge >= 0.3 is 0 Å². The predicted octanol–water partition coefficient (Wildman–Crippen LogP) is 8.78. The minimum Gasteiger partial charge on any atom is -0.508 e. The smallest absolute Gasteiger partial charge is 0.145 e. The number of hydrogen-bond acceptors (Lipinski definition) is 3. The van der Waals surface area contributed by atoms with Gasteiger partial charge < -0.3 is 9.84 Å². The van der Waals surface area contributed by atoms with E-state index < -0.39 is 5.67 Å². The van der Waals surface area contributed by atoms with E-state index in [0.29, 0.717) is 43.1 Å². The molecule has 0 saturated heterocycles. The number of ketones is 1. The highest BCUT2D eigenvalue weighted by Crippen LogP contribution is 2.50. The highest BCUT2D eigenvalue weighted by atomic mass is 19.1. The Hall–Kier alpha value is -3.14. The molecule has 0 spiro atoms. The molecule has 1 N–H and O–H groups in total. The quantitative estimate of drug-likeness (QED) is 0.359. The van der Waals surface area contributed by atoms with Crippen LogP contribution in [0.5, 0.6) is 11.5 Å². The van der Waals surface area contributed by atoms with E-state index in [0.717, 1.165) is 12.8 Å². The standard InChI is InChI=1S/C31H31FO3.2C2H6/c32-31(17-23-15-26(34)16-24(23)18-31)19-35-27-10-6-21(7-11-27)30-28(20-4-2-1-3-5-20)12-8-22-14-25(33)9-13-29(22)30;2*1-2/h1-7,9-11,13-14,23-24,28,30,33H,8,12,15-19H2;2*1-2H3. The van der Waals surface area contributed by atoms with Crippen molar-refractivity contribution in [2.75, 3.05) is 6.61 Å². The molecule has 3 aliphatic rings. The van der Waals surface area contributed by atoms with Crippen molar-refractivity contribution in [2.45, 2.75) is 83.7 Å². The Morgan fingerprint density at radius 2 is 1.51 bits per heavy atom. The number of phenols is 1. The number of carbonyl (C=O) groups excluding carboxylic acids is 1. The molecule has 4 unspecified atom stereocenters. The zero-order chi connectivity index (χ0) is 28.0. The van der Waals surface area contributed by atoms with Crippen molar-refractivity contribution in [3.8, 4) is 11.5 Å². The Morgan fingerprint density at radius 3 is 2.15 bits per heavy atom. The second-order valence-corrected chi connectivity index (χ2v) is 10.8. The zero-order valence-electron chi connectivity index (χ0n) is 23.8. The highest BCUT2D eigenvalue weighted by Gasteiger charge is 2.50. The van der Waals surface area contributed by atoms with Crippen LogP contribution in [0.3, 0.4) is 0 Å². The van der Waals surface area contributed by atoms with Crippen LogP contribution in [0.15, 0.2) is 72.8 Å². The molecule has 0 aliphatic heterocycles. The van der Waals surface area contributed by atoms with E-state index in [-0.39, 0.29) is 30.1 Å². The number of ether oxygens (including phenoxy) is 1. The van der Waals surface area contributed by atoms with Gasteiger partial charge in [0.25, 0.3) is 0 Å². The molecular formula is C35H43FO3. The van der Waals surface area contributed by atoms with Gasteiger partial charge in [0.2, 0.25) is 0 Å². The van der Waals surface area contributed by atoms with Gasteiger partial charge in [-0.3, -0.25) is 4.79 Å². The van der Waals surface area contributed by atoms with Crippen LogP contribution in [0, 0.1) is 11.8 Å². The Bertz CT molecular complexity index is 1200. The van der Waals surface area contributed by atoms with E-state index in [9.17, 15) is 9.90 Å². The Labute approximate surface area is 233 Å². The second kappa shape index (κ2) is 12.8. The summed E-state index contributed by atoms with van der Waals surface area (Å²) in [6.45, 7) is 8.05.